The number of thiocarbonyl (C=S) groups is 1. The molecule has 7 heteroatoms. The third-order valence-corrected chi connectivity index (χ3v) is 8.14. The number of hydrogen-bond acceptors (Lipinski definition) is 4. The second kappa shape index (κ2) is 9.74. The maximum Gasteiger partial charge on any atom is 0.266 e. The first kappa shape index (κ1) is 22.8. The quantitative estimate of drug-likeness (QED) is 0.268. The van der Waals surface area contributed by atoms with Crippen LogP contribution in [0.3, 0.4) is 0 Å². The monoisotopic (exact) mass is 540 g/mol. The summed E-state index contributed by atoms with van der Waals surface area (Å²) in [6.45, 7) is 4.27. The van der Waals surface area contributed by atoms with Crippen LogP contribution in [-0.4, -0.2) is 39.0 Å². The Kier molecular flexibility index (Phi) is 6.74. The average Bonchev–Trinajstić information content (AvgIpc) is 3.52. The van der Waals surface area contributed by atoms with Crippen molar-refractivity contribution in [3.05, 3.63) is 74.7 Å². The van der Waals surface area contributed by atoms with Crippen molar-refractivity contribution in [1.29, 1.82) is 0 Å². The van der Waals surface area contributed by atoms with Crippen LogP contribution in [0.5, 0.6) is 0 Å². The van der Waals surface area contributed by atoms with Gasteiger partial charge in [-0.15, -0.1) is 0 Å². The van der Waals surface area contributed by atoms with E-state index in [1.54, 1.807) is 4.90 Å². The minimum atomic E-state index is -0.0130. The lowest BCUT2D eigenvalue weighted by Crippen LogP contribution is -2.35. The summed E-state index contributed by atoms with van der Waals surface area (Å²) >= 11 is 10.5. The first-order chi connectivity index (χ1) is 16.0. The van der Waals surface area contributed by atoms with E-state index in [-0.39, 0.29) is 12.0 Å². The number of halogens is 1. The van der Waals surface area contributed by atoms with Crippen LogP contribution in [0, 0.1) is 0 Å². The SMILES string of the molecule is CCc1cccc2c(/C=C3\SC(=S)N(C[C@@H]4CCCO4)C3=O)cn(Cc3ccc(Br)cc3)c12. The molecule has 2 aromatic carbocycles. The van der Waals surface area contributed by atoms with E-state index in [2.05, 4.69) is 76.1 Å². The highest BCUT2D eigenvalue weighted by Crippen LogP contribution is 2.36. The van der Waals surface area contributed by atoms with E-state index in [0.29, 0.717) is 15.8 Å². The molecule has 0 saturated carbocycles. The molecule has 2 saturated heterocycles. The molecule has 0 bridgehead atoms. The van der Waals surface area contributed by atoms with Crippen molar-refractivity contribution in [3.8, 4) is 0 Å². The molecule has 2 fully saturated rings. The van der Waals surface area contributed by atoms with E-state index in [0.717, 1.165) is 47.8 Å². The number of ether oxygens (including phenoxy) is 1. The number of benzene rings is 2. The number of rotatable bonds is 6. The van der Waals surface area contributed by atoms with Crippen molar-refractivity contribution in [2.45, 2.75) is 38.8 Å². The van der Waals surface area contributed by atoms with Gasteiger partial charge in [0.25, 0.3) is 5.91 Å². The van der Waals surface area contributed by atoms with Crippen LogP contribution < -0.4 is 0 Å². The van der Waals surface area contributed by atoms with Gasteiger partial charge in [-0.1, -0.05) is 77.2 Å². The molecule has 0 spiro atoms. The minimum Gasteiger partial charge on any atom is -0.376 e. The van der Waals surface area contributed by atoms with Crippen molar-refractivity contribution in [2.24, 2.45) is 0 Å². The van der Waals surface area contributed by atoms with Gasteiger partial charge in [-0.2, -0.15) is 0 Å². The second-order valence-electron chi connectivity index (χ2n) is 8.43. The van der Waals surface area contributed by atoms with Gasteiger partial charge in [0.15, 0.2) is 0 Å². The van der Waals surface area contributed by atoms with Crippen LogP contribution in [0.4, 0.5) is 0 Å². The highest BCUT2D eigenvalue weighted by Gasteiger charge is 2.34. The van der Waals surface area contributed by atoms with Crippen LogP contribution in [0.15, 0.2) is 58.0 Å². The fourth-order valence-electron chi connectivity index (χ4n) is 4.57. The van der Waals surface area contributed by atoms with Gasteiger partial charge in [-0.25, -0.2) is 0 Å². The molecule has 5 rings (SSSR count). The third kappa shape index (κ3) is 4.69. The molecular formula is C26H25BrN2O2S2. The van der Waals surface area contributed by atoms with Gasteiger partial charge in [0.1, 0.15) is 4.32 Å². The number of aryl methyl sites for hydroxylation is 1. The molecule has 3 heterocycles. The van der Waals surface area contributed by atoms with Gasteiger partial charge in [0.05, 0.1) is 23.1 Å². The van der Waals surface area contributed by atoms with Crippen molar-refractivity contribution in [3.63, 3.8) is 0 Å². The molecule has 0 aliphatic carbocycles. The molecular weight excluding hydrogens is 516 g/mol. The predicted molar refractivity (Wildman–Crippen MR) is 143 cm³/mol. The summed E-state index contributed by atoms with van der Waals surface area (Å²) in [6.07, 6.45) is 7.25. The Morgan fingerprint density at radius 3 is 2.79 bits per heavy atom. The number of carbonyl (C=O) groups excluding carboxylic acids is 1. The highest BCUT2D eigenvalue weighted by molar-refractivity contribution is 9.10. The summed E-state index contributed by atoms with van der Waals surface area (Å²) in [7, 11) is 0. The lowest BCUT2D eigenvalue weighted by molar-refractivity contribution is -0.123. The number of hydrogen-bond donors (Lipinski definition) is 0. The molecule has 4 nitrogen and oxygen atoms in total. The maximum absolute atomic E-state index is 13.2. The first-order valence-corrected chi connectivity index (χ1v) is 13.3. The lowest BCUT2D eigenvalue weighted by Gasteiger charge is -2.18. The molecule has 2 aliphatic heterocycles. The van der Waals surface area contributed by atoms with Crippen LogP contribution in [-0.2, 0) is 22.5 Å². The van der Waals surface area contributed by atoms with E-state index in [1.165, 1.54) is 28.4 Å². The fraction of sp³-hybridized carbons (Fsp3) is 0.308. The summed E-state index contributed by atoms with van der Waals surface area (Å²) < 4.78 is 9.72. The molecule has 1 atom stereocenters. The zero-order valence-electron chi connectivity index (χ0n) is 18.4. The molecule has 170 valence electrons. The van der Waals surface area contributed by atoms with Gasteiger partial charge in [-0.3, -0.25) is 9.69 Å². The summed E-state index contributed by atoms with van der Waals surface area (Å²) in [5.41, 5.74) is 4.81. The fourth-order valence-corrected chi connectivity index (χ4v) is 6.10. The number of thioether (sulfide) groups is 1. The van der Waals surface area contributed by atoms with Crippen molar-refractivity contribution in [1.82, 2.24) is 9.47 Å². The van der Waals surface area contributed by atoms with Crippen LogP contribution >= 0.6 is 39.9 Å². The van der Waals surface area contributed by atoms with E-state index < -0.39 is 0 Å². The van der Waals surface area contributed by atoms with Gasteiger partial charge in [0, 0.05) is 34.8 Å². The molecule has 0 N–H and O–H groups in total. The first-order valence-electron chi connectivity index (χ1n) is 11.3. The second-order valence-corrected chi connectivity index (χ2v) is 11.0. The van der Waals surface area contributed by atoms with Gasteiger partial charge >= 0.3 is 0 Å². The smallest absolute Gasteiger partial charge is 0.266 e. The summed E-state index contributed by atoms with van der Waals surface area (Å²) in [5.74, 6) is -0.0130. The van der Waals surface area contributed by atoms with Gasteiger partial charge < -0.3 is 9.30 Å². The number of nitrogens with zero attached hydrogens (tertiary/aromatic N) is 2. The van der Waals surface area contributed by atoms with E-state index in [9.17, 15) is 4.79 Å². The summed E-state index contributed by atoms with van der Waals surface area (Å²) in [5, 5.41) is 1.16. The number of fused-ring (bicyclic) bond motifs is 1. The number of carbonyl (C=O) groups is 1. The summed E-state index contributed by atoms with van der Waals surface area (Å²) in [4.78, 5) is 15.6. The summed E-state index contributed by atoms with van der Waals surface area (Å²) in [6, 6.07) is 14.9. The molecule has 0 radical (unpaired) electrons. The largest absolute Gasteiger partial charge is 0.376 e. The van der Waals surface area contributed by atoms with E-state index in [1.807, 2.05) is 6.08 Å². The molecule has 1 amide bonds. The van der Waals surface area contributed by atoms with Crippen LogP contribution in [0.1, 0.15) is 36.5 Å². The molecule has 33 heavy (non-hydrogen) atoms. The number of amides is 1. The van der Waals surface area contributed by atoms with Crippen molar-refractivity contribution in [2.75, 3.05) is 13.2 Å². The lowest BCUT2D eigenvalue weighted by atomic mass is 10.1. The Morgan fingerprint density at radius 1 is 1.24 bits per heavy atom. The molecule has 2 aliphatic rings. The molecule has 0 unspecified atom stereocenters. The Hall–Kier alpha value is -1.93. The zero-order chi connectivity index (χ0) is 22.9. The van der Waals surface area contributed by atoms with Gasteiger partial charge in [0.2, 0.25) is 0 Å². The van der Waals surface area contributed by atoms with E-state index in [4.69, 9.17) is 17.0 Å². The zero-order valence-corrected chi connectivity index (χ0v) is 21.6. The topological polar surface area (TPSA) is 34.5 Å². The Labute approximate surface area is 212 Å². The van der Waals surface area contributed by atoms with Crippen molar-refractivity contribution < 1.29 is 9.53 Å². The van der Waals surface area contributed by atoms with E-state index >= 15 is 0 Å². The highest BCUT2D eigenvalue weighted by atomic mass is 79.9. The van der Waals surface area contributed by atoms with Crippen LogP contribution in [0.25, 0.3) is 17.0 Å². The van der Waals surface area contributed by atoms with Crippen LogP contribution in [0.2, 0.25) is 0 Å². The Balaban J connectivity index is 1.50. The minimum absolute atomic E-state index is 0.0130. The average molecular weight is 542 g/mol. The predicted octanol–water partition coefficient (Wildman–Crippen LogP) is 6.39. The Bertz CT molecular complexity index is 1240. The molecule has 3 aromatic rings. The standard InChI is InChI=1S/C26H25BrN2O2S2/c1-2-18-5-3-7-22-19(15-28(24(18)22)14-17-8-10-20(27)11-9-17)13-23-25(30)29(26(32)33-23)16-21-6-4-12-31-21/h3,5,7-11,13,15,21H,2,4,6,12,14,16H2,1H3/b23-13-/t21-/m0/s1. The normalized spacial score (nSPS) is 20.0. The van der Waals surface area contributed by atoms with Crippen molar-refractivity contribution >= 4 is 67.1 Å². The maximum atomic E-state index is 13.2. The number of aromatic nitrogens is 1. The van der Waals surface area contributed by atoms with Gasteiger partial charge in [-0.05, 0) is 48.6 Å². The number of para-hydroxylation sites is 1. The molecule has 1 aromatic heterocycles. The Morgan fingerprint density at radius 2 is 2.06 bits per heavy atom. The third-order valence-electron chi connectivity index (χ3n) is 6.23.